The van der Waals surface area contributed by atoms with Gasteiger partial charge in [-0.1, -0.05) is 0 Å². The second kappa shape index (κ2) is 9.84. The molecule has 0 bridgehead atoms. The summed E-state index contributed by atoms with van der Waals surface area (Å²) in [6.45, 7) is 3.32. The van der Waals surface area contributed by atoms with E-state index in [2.05, 4.69) is 10.6 Å². The Morgan fingerprint density at radius 2 is 1.90 bits per heavy atom. The number of quaternary nitrogens is 1. The van der Waals surface area contributed by atoms with Gasteiger partial charge in [0.25, 0.3) is 5.91 Å². The highest BCUT2D eigenvalue weighted by atomic mass is 16.7. The van der Waals surface area contributed by atoms with Crippen LogP contribution in [0, 0.1) is 0 Å². The number of rotatable bonds is 8. The van der Waals surface area contributed by atoms with E-state index in [0.29, 0.717) is 41.8 Å². The third-order valence-corrected chi connectivity index (χ3v) is 4.38. The smallest absolute Gasteiger partial charge is 0.326 e. The fourth-order valence-electron chi connectivity index (χ4n) is 3.09. The van der Waals surface area contributed by atoms with Gasteiger partial charge in [0.1, 0.15) is 6.54 Å². The van der Waals surface area contributed by atoms with E-state index in [-0.39, 0.29) is 19.2 Å². The molecule has 0 aliphatic carbocycles. The molecule has 0 spiro atoms. The van der Waals surface area contributed by atoms with Crippen LogP contribution in [0.3, 0.4) is 0 Å². The van der Waals surface area contributed by atoms with Crippen molar-refractivity contribution in [2.45, 2.75) is 13.5 Å². The van der Waals surface area contributed by atoms with Crippen molar-refractivity contribution in [3.63, 3.8) is 0 Å². The molecule has 0 fully saturated rings. The zero-order valence-electron chi connectivity index (χ0n) is 17.2. The van der Waals surface area contributed by atoms with Crippen LogP contribution in [0.15, 0.2) is 36.4 Å². The lowest BCUT2D eigenvalue weighted by atomic mass is 10.2. The quantitative estimate of drug-likeness (QED) is 0.598. The number of likely N-dealkylation sites (N-methyl/N-ethyl adjacent to an activating group) is 1. The molecular weight excluding hydrogens is 390 g/mol. The van der Waals surface area contributed by atoms with E-state index in [0.717, 1.165) is 10.5 Å². The highest BCUT2D eigenvalue weighted by Gasteiger charge is 2.17. The van der Waals surface area contributed by atoms with E-state index < -0.39 is 6.03 Å². The number of ether oxygens (including phenoxy) is 4. The molecule has 1 atom stereocenters. The zero-order valence-corrected chi connectivity index (χ0v) is 17.2. The summed E-state index contributed by atoms with van der Waals surface area (Å²) in [7, 11) is 3.46. The number of benzene rings is 2. The van der Waals surface area contributed by atoms with Crippen molar-refractivity contribution in [2.24, 2.45) is 0 Å². The van der Waals surface area contributed by atoms with Gasteiger partial charge in [-0.3, -0.25) is 10.1 Å². The Morgan fingerprint density at radius 1 is 1.10 bits per heavy atom. The lowest BCUT2D eigenvalue weighted by molar-refractivity contribution is -0.885. The Hall–Kier alpha value is -3.46. The number of imide groups is 1. The molecule has 2 aromatic carbocycles. The molecule has 9 nitrogen and oxygen atoms in total. The number of hydrogen-bond acceptors (Lipinski definition) is 6. The first-order valence-electron chi connectivity index (χ1n) is 9.60. The lowest BCUT2D eigenvalue weighted by Gasteiger charge is -2.15. The number of carbonyl (C=O) groups is 2. The minimum Gasteiger partial charge on any atom is -0.493 e. The summed E-state index contributed by atoms with van der Waals surface area (Å²) in [5, 5.41) is 4.95. The van der Waals surface area contributed by atoms with Crippen molar-refractivity contribution in [1.29, 1.82) is 0 Å². The number of anilines is 1. The van der Waals surface area contributed by atoms with E-state index in [9.17, 15) is 9.59 Å². The number of hydrogen-bond donors (Lipinski definition) is 3. The van der Waals surface area contributed by atoms with Crippen molar-refractivity contribution in [2.75, 3.05) is 39.4 Å². The Morgan fingerprint density at radius 3 is 2.67 bits per heavy atom. The predicted octanol–water partition coefficient (Wildman–Crippen LogP) is 1.19. The van der Waals surface area contributed by atoms with Gasteiger partial charge < -0.3 is 29.2 Å². The van der Waals surface area contributed by atoms with Gasteiger partial charge >= 0.3 is 6.03 Å². The fraction of sp³-hybridized carbons (Fsp3) is 0.333. The molecule has 0 saturated carbocycles. The maximum Gasteiger partial charge on any atom is 0.326 e. The van der Waals surface area contributed by atoms with Crippen LogP contribution in [0.25, 0.3) is 0 Å². The maximum atomic E-state index is 12.2. The van der Waals surface area contributed by atoms with Gasteiger partial charge in [0.05, 0.1) is 20.8 Å². The van der Waals surface area contributed by atoms with Crippen LogP contribution >= 0.6 is 0 Å². The molecule has 2 aromatic rings. The molecule has 3 N–H and O–H groups in total. The summed E-state index contributed by atoms with van der Waals surface area (Å²) >= 11 is 0. The fourth-order valence-corrected chi connectivity index (χ4v) is 3.09. The van der Waals surface area contributed by atoms with Gasteiger partial charge in [0.2, 0.25) is 6.79 Å². The summed E-state index contributed by atoms with van der Waals surface area (Å²) in [6, 6.07) is 10.1. The normalized spacial score (nSPS) is 12.8. The Bertz CT molecular complexity index is 918. The van der Waals surface area contributed by atoms with Crippen molar-refractivity contribution in [3.05, 3.63) is 42.0 Å². The maximum absolute atomic E-state index is 12.2. The van der Waals surface area contributed by atoms with Crippen molar-refractivity contribution in [1.82, 2.24) is 5.32 Å². The summed E-state index contributed by atoms with van der Waals surface area (Å²) in [5.41, 5.74) is 1.50. The number of carbonyl (C=O) groups excluding carboxylic acids is 2. The molecular formula is C21H26N3O6+. The molecule has 0 saturated heterocycles. The average Bonchev–Trinajstić information content (AvgIpc) is 3.16. The van der Waals surface area contributed by atoms with Crippen LogP contribution in [0.1, 0.15) is 12.5 Å². The van der Waals surface area contributed by atoms with E-state index in [4.69, 9.17) is 18.9 Å². The minimum atomic E-state index is -0.602. The highest BCUT2D eigenvalue weighted by molar-refractivity contribution is 6.01. The van der Waals surface area contributed by atoms with Gasteiger partial charge in [0.15, 0.2) is 29.5 Å². The number of methoxy groups -OCH3 is 1. The molecule has 3 amide bonds. The van der Waals surface area contributed by atoms with Crippen LogP contribution in [-0.2, 0) is 11.3 Å². The van der Waals surface area contributed by atoms with Gasteiger partial charge in [0, 0.05) is 17.3 Å². The second-order valence-electron chi connectivity index (χ2n) is 6.80. The van der Waals surface area contributed by atoms with Gasteiger partial charge in [-0.2, -0.15) is 0 Å². The Balaban J connectivity index is 1.48. The van der Waals surface area contributed by atoms with Crippen molar-refractivity contribution >= 4 is 17.6 Å². The first kappa shape index (κ1) is 21.3. The minimum absolute atomic E-state index is 0.129. The topological polar surface area (TPSA) is 99.6 Å². The first-order valence-corrected chi connectivity index (χ1v) is 9.60. The SMILES string of the molecule is CCOc1ccc(C[NH+](C)CC(=O)NC(=O)Nc2ccc3c(c2)OCO3)cc1OC. The van der Waals surface area contributed by atoms with Crippen molar-refractivity contribution in [3.8, 4) is 23.0 Å². The zero-order chi connectivity index (χ0) is 21.5. The van der Waals surface area contributed by atoms with Crippen LogP contribution < -0.4 is 34.5 Å². The summed E-state index contributed by atoms with van der Waals surface area (Å²) < 4.78 is 21.4. The first-order chi connectivity index (χ1) is 14.5. The third kappa shape index (κ3) is 5.54. The molecule has 1 aliphatic rings. The molecule has 3 rings (SSSR count). The van der Waals surface area contributed by atoms with Crippen LogP contribution in [0.2, 0.25) is 0 Å². The summed E-state index contributed by atoms with van der Waals surface area (Å²) in [6.07, 6.45) is 0. The number of nitrogens with one attached hydrogen (secondary N) is 3. The lowest BCUT2D eigenvalue weighted by Crippen LogP contribution is -3.09. The largest absolute Gasteiger partial charge is 0.493 e. The predicted molar refractivity (Wildman–Crippen MR) is 109 cm³/mol. The van der Waals surface area contributed by atoms with E-state index >= 15 is 0 Å². The summed E-state index contributed by atoms with van der Waals surface area (Å²) in [5.74, 6) is 2.11. The van der Waals surface area contributed by atoms with Crippen LogP contribution in [0.4, 0.5) is 10.5 Å². The molecule has 9 heteroatoms. The molecule has 0 radical (unpaired) electrons. The molecule has 1 unspecified atom stereocenters. The van der Waals surface area contributed by atoms with Crippen LogP contribution in [-0.4, -0.2) is 46.0 Å². The van der Waals surface area contributed by atoms with Gasteiger partial charge in [-0.25, -0.2) is 4.79 Å². The Kier molecular flexibility index (Phi) is 6.97. The molecule has 0 aromatic heterocycles. The summed E-state index contributed by atoms with van der Waals surface area (Å²) in [4.78, 5) is 25.2. The Labute approximate surface area is 174 Å². The third-order valence-electron chi connectivity index (χ3n) is 4.38. The monoisotopic (exact) mass is 416 g/mol. The second-order valence-corrected chi connectivity index (χ2v) is 6.80. The van der Waals surface area contributed by atoms with Gasteiger partial charge in [-0.15, -0.1) is 0 Å². The highest BCUT2D eigenvalue weighted by Crippen LogP contribution is 2.34. The molecule has 160 valence electrons. The average molecular weight is 416 g/mol. The number of amides is 3. The van der Waals surface area contributed by atoms with E-state index in [1.54, 1.807) is 25.3 Å². The number of fused-ring (bicyclic) bond motifs is 1. The van der Waals surface area contributed by atoms with E-state index in [1.165, 1.54) is 0 Å². The standard InChI is InChI=1S/C21H25N3O6/c1-4-28-16-7-5-14(9-18(16)27-3)11-24(2)12-20(25)23-21(26)22-15-6-8-17-19(10-15)30-13-29-17/h5-10H,4,11-13H2,1-3H3,(H2,22,23,25,26)/p+1. The van der Waals surface area contributed by atoms with E-state index in [1.807, 2.05) is 32.2 Å². The van der Waals surface area contributed by atoms with Crippen molar-refractivity contribution < 1.29 is 33.4 Å². The molecule has 30 heavy (non-hydrogen) atoms. The molecule has 1 heterocycles. The molecule has 1 aliphatic heterocycles. The van der Waals surface area contributed by atoms with Crippen LogP contribution in [0.5, 0.6) is 23.0 Å². The van der Waals surface area contributed by atoms with Gasteiger partial charge in [-0.05, 0) is 37.3 Å². The number of urea groups is 1.